The lowest BCUT2D eigenvalue weighted by atomic mass is 10.1. The molecule has 1 atom stereocenters. The summed E-state index contributed by atoms with van der Waals surface area (Å²) in [7, 11) is 0. The van der Waals surface area contributed by atoms with Gasteiger partial charge in [0.25, 0.3) is 0 Å². The molecule has 0 radical (unpaired) electrons. The smallest absolute Gasteiger partial charge is 0.128 e. The fourth-order valence-corrected chi connectivity index (χ4v) is 1.94. The predicted octanol–water partition coefficient (Wildman–Crippen LogP) is 1.78. The Labute approximate surface area is 87.1 Å². The third-order valence-electron chi connectivity index (χ3n) is 2.76. The van der Waals surface area contributed by atoms with Crippen LogP contribution in [0.2, 0.25) is 0 Å². The minimum absolute atomic E-state index is 0.133. The Morgan fingerprint density at radius 3 is 2.47 bits per heavy atom. The molecule has 1 aliphatic rings. The molecule has 1 saturated heterocycles. The third-order valence-corrected chi connectivity index (χ3v) is 2.76. The van der Waals surface area contributed by atoms with Crippen LogP contribution in [-0.2, 0) is 0 Å². The van der Waals surface area contributed by atoms with E-state index in [-0.39, 0.29) is 12.5 Å². The van der Waals surface area contributed by atoms with Crippen LogP contribution in [-0.4, -0.2) is 24.8 Å². The zero-order valence-corrected chi connectivity index (χ0v) is 8.29. The first-order chi connectivity index (χ1) is 7.19. The number of aliphatic hydroxyl groups is 1. The van der Waals surface area contributed by atoms with Crippen LogP contribution in [0.25, 0.3) is 0 Å². The second-order valence-corrected chi connectivity index (χ2v) is 3.91. The van der Waals surface area contributed by atoms with Gasteiger partial charge in [-0.05, 0) is 18.6 Å². The van der Waals surface area contributed by atoms with Gasteiger partial charge in [0.15, 0.2) is 0 Å². The Kier molecular flexibility index (Phi) is 2.86. The van der Waals surface area contributed by atoms with Gasteiger partial charge < -0.3 is 10.0 Å². The van der Waals surface area contributed by atoms with E-state index in [0.717, 1.165) is 19.0 Å². The van der Waals surface area contributed by atoms with Crippen molar-refractivity contribution in [1.29, 1.82) is 0 Å². The lowest BCUT2D eigenvalue weighted by Gasteiger charge is -2.18. The molecule has 0 spiro atoms. The summed E-state index contributed by atoms with van der Waals surface area (Å²) in [4.78, 5) is 1.90. The number of aliphatic hydroxyl groups excluding tert-OH is 1. The van der Waals surface area contributed by atoms with Gasteiger partial charge in [-0.3, -0.25) is 0 Å². The Hall–Kier alpha value is -1.16. The highest BCUT2D eigenvalue weighted by Gasteiger charge is 2.22. The van der Waals surface area contributed by atoms with Crippen molar-refractivity contribution in [3.8, 4) is 0 Å². The SMILES string of the molecule is OCC1CCN(c2cc(F)cc(F)c2)C1. The van der Waals surface area contributed by atoms with E-state index in [4.69, 9.17) is 5.11 Å². The standard InChI is InChI=1S/C11H13F2NO/c12-9-3-10(13)5-11(4-9)14-2-1-8(6-14)7-15/h3-5,8,15H,1-2,6-7H2. The van der Waals surface area contributed by atoms with Crippen LogP contribution in [0.15, 0.2) is 18.2 Å². The molecule has 4 heteroatoms. The molecule has 1 heterocycles. The normalized spacial score (nSPS) is 21.0. The molecule has 1 aliphatic heterocycles. The maximum absolute atomic E-state index is 12.9. The molecule has 0 bridgehead atoms. The molecule has 1 N–H and O–H groups in total. The van der Waals surface area contributed by atoms with Gasteiger partial charge >= 0.3 is 0 Å². The summed E-state index contributed by atoms with van der Waals surface area (Å²) in [5, 5.41) is 8.97. The highest BCUT2D eigenvalue weighted by Crippen LogP contribution is 2.24. The van der Waals surface area contributed by atoms with Gasteiger partial charge in [0.1, 0.15) is 11.6 Å². The zero-order chi connectivity index (χ0) is 10.8. The van der Waals surface area contributed by atoms with Crippen LogP contribution in [0, 0.1) is 17.6 Å². The maximum Gasteiger partial charge on any atom is 0.128 e. The van der Waals surface area contributed by atoms with Crippen molar-refractivity contribution >= 4 is 5.69 Å². The minimum Gasteiger partial charge on any atom is -0.396 e. The fourth-order valence-electron chi connectivity index (χ4n) is 1.94. The van der Waals surface area contributed by atoms with Gasteiger partial charge in [-0.15, -0.1) is 0 Å². The minimum atomic E-state index is -0.558. The lowest BCUT2D eigenvalue weighted by Crippen LogP contribution is -2.20. The van der Waals surface area contributed by atoms with Crippen LogP contribution >= 0.6 is 0 Å². The molecule has 1 aromatic carbocycles. The first-order valence-electron chi connectivity index (χ1n) is 5.01. The Balaban J connectivity index is 2.16. The molecule has 1 unspecified atom stereocenters. The molecule has 82 valence electrons. The average Bonchev–Trinajstić information content (AvgIpc) is 2.64. The van der Waals surface area contributed by atoms with Crippen LogP contribution in [0.1, 0.15) is 6.42 Å². The summed E-state index contributed by atoms with van der Waals surface area (Å²) in [6.07, 6.45) is 0.870. The highest BCUT2D eigenvalue weighted by atomic mass is 19.1. The number of anilines is 1. The molecule has 15 heavy (non-hydrogen) atoms. The third kappa shape index (κ3) is 2.26. The van der Waals surface area contributed by atoms with Crippen molar-refractivity contribution in [2.45, 2.75) is 6.42 Å². The monoisotopic (exact) mass is 213 g/mol. The van der Waals surface area contributed by atoms with E-state index in [1.165, 1.54) is 12.1 Å². The second kappa shape index (κ2) is 4.14. The van der Waals surface area contributed by atoms with E-state index in [1.54, 1.807) is 0 Å². The summed E-state index contributed by atoms with van der Waals surface area (Å²) >= 11 is 0. The van der Waals surface area contributed by atoms with Crippen molar-refractivity contribution in [2.24, 2.45) is 5.92 Å². The number of rotatable bonds is 2. The van der Waals surface area contributed by atoms with Crippen LogP contribution in [0.4, 0.5) is 14.5 Å². The van der Waals surface area contributed by atoms with E-state index in [1.807, 2.05) is 4.90 Å². The average molecular weight is 213 g/mol. The van der Waals surface area contributed by atoms with Crippen molar-refractivity contribution in [3.05, 3.63) is 29.8 Å². The van der Waals surface area contributed by atoms with Gasteiger partial charge in [-0.25, -0.2) is 8.78 Å². The Bertz CT molecular complexity index is 336. The van der Waals surface area contributed by atoms with E-state index >= 15 is 0 Å². The second-order valence-electron chi connectivity index (χ2n) is 3.91. The van der Waals surface area contributed by atoms with Gasteiger partial charge in [-0.1, -0.05) is 0 Å². The van der Waals surface area contributed by atoms with Crippen LogP contribution in [0.3, 0.4) is 0 Å². The lowest BCUT2D eigenvalue weighted by molar-refractivity contribution is 0.238. The largest absolute Gasteiger partial charge is 0.396 e. The van der Waals surface area contributed by atoms with Gasteiger partial charge in [-0.2, -0.15) is 0 Å². The quantitative estimate of drug-likeness (QED) is 0.809. The molecule has 2 nitrogen and oxygen atoms in total. The molecule has 1 aromatic rings. The molecule has 0 aromatic heterocycles. The van der Waals surface area contributed by atoms with Crippen molar-refractivity contribution in [1.82, 2.24) is 0 Å². The van der Waals surface area contributed by atoms with E-state index in [0.29, 0.717) is 12.2 Å². The van der Waals surface area contributed by atoms with E-state index < -0.39 is 11.6 Å². The van der Waals surface area contributed by atoms with Gasteiger partial charge in [0.2, 0.25) is 0 Å². The first kappa shape index (κ1) is 10.4. The summed E-state index contributed by atoms with van der Waals surface area (Å²) in [6, 6.07) is 3.51. The van der Waals surface area contributed by atoms with Gasteiger partial charge in [0, 0.05) is 37.4 Å². The Morgan fingerprint density at radius 2 is 1.93 bits per heavy atom. The molecule has 0 saturated carbocycles. The topological polar surface area (TPSA) is 23.5 Å². The van der Waals surface area contributed by atoms with Crippen molar-refractivity contribution in [3.63, 3.8) is 0 Å². The molecule has 1 fully saturated rings. The van der Waals surface area contributed by atoms with Crippen molar-refractivity contribution in [2.75, 3.05) is 24.6 Å². The first-order valence-corrected chi connectivity index (χ1v) is 5.01. The molecule has 2 rings (SSSR count). The fraction of sp³-hybridized carbons (Fsp3) is 0.455. The maximum atomic E-state index is 12.9. The molecule has 0 aliphatic carbocycles. The number of hydrogen-bond donors (Lipinski definition) is 1. The number of hydrogen-bond acceptors (Lipinski definition) is 2. The summed E-state index contributed by atoms with van der Waals surface area (Å²) in [5.41, 5.74) is 0.559. The van der Waals surface area contributed by atoms with E-state index in [2.05, 4.69) is 0 Å². The van der Waals surface area contributed by atoms with Crippen LogP contribution in [0.5, 0.6) is 0 Å². The molecular weight excluding hydrogens is 200 g/mol. The van der Waals surface area contributed by atoms with Crippen molar-refractivity contribution < 1.29 is 13.9 Å². The zero-order valence-electron chi connectivity index (χ0n) is 8.29. The summed E-state index contributed by atoms with van der Waals surface area (Å²) in [6.45, 7) is 1.54. The predicted molar refractivity (Wildman–Crippen MR) is 53.8 cm³/mol. The van der Waals surface area contributed by atoms with Crippen LogP contribution < -0.4 is 4.90 Å². The van der Waals surface area contributed by atoms with E-state index in [9.17, 15) is 8.78 Å². The van der Waals surface area contributed by atoms with Gasteiger partial charge in [0.05, 0.1) is 0 Å². The molecular formula is C11H13F2NO. The summed E-state index contributed by atoms with van der Waals surface area (Å²) in [5.74, 6) is -0.897. The number of halogens is 2. The highest BCUT2D eigenvalue weighted by molar-refractivity contribution is 5.47. The number of benzene rings is 1. The number of nitrogens with zero attached hydrogens (tertiary/aromatic N) is 1. The Morgan fingerprint density at radius 1 is 1.27 bits per heavy atom. The molecule has 0 amide bonds. The summed E-state index contributed by atoms with van der Waals surface area (Å²) < 4.78 is 25.9.